The second-order valence-corrected chi connectivity index (χ2v) is 4.60. The number of hydrogen-bond donors (Lipinski definition) is 1. The van der Waals surface area contributed by atoms with Gasteiger partial charge < -0.3 is 9.84 Å². The van der Waals surface area contributed by atoms with Gasteiger partial charge in [0.05, 0.1) is 10.5 Å². The monoisotopic (exact) mass is 307 g/mol. The van der Waals surface area contributed by atoms with Gasteiger partial charge in [0.1, 0.15) is 6.61 Å². The zero-order valence-electron chi connectivity index (χ0n) is 10.7. The molecule has 7 heteroatoms. The molecule has 108 valence electrons. The number of ether oxygens (including phenoxy) is 1. The van der Waals surface area contributed by atoms with Gasteiger partial charge in [-0.25, -0.2) is 4.79 Å². The molecule has 0 aliphatic heterocycles. The highest BCUT2D eigenvalue weighted by Crippen LogP contribution is 2.29. The summed E-state index contributed by atoms with van der Waals surface area (Å²) in [5.74, 6) is -1.27. The Morgan fingerprint density at radius 3 is 2.48 bits per heavy atom. The predicted octanol–water partition coefficient (Wildman–Crippen LogP) is 3.53. The second-order valence-electron chi connectivity index (χ2n) is 4.16. The zero-order valence-corrected chi connectivity index (χ0v) is 11.4. The molecule has 0 radical (unpaired) electrons. The van der Waals surface area contributed by atoms with Gasteiger partial charge in [-0.2, -0.15) is 0 Å². The van der Waals surface area contributed by atoms with Crippen LogP contribution in [0.4, 0.5) is 5.69 Å². The number of carbonyl (C=O) groups is 1. The number of benzene rings is 2. The van der Waals surface area contributed by atoms with Crippen LogP contribution in [0.15, 0.2) is 42.5 Å². The number of aromatic carboxylic acids is 1. The molecule has 0 atom stereocenters. The Labute approximate surface area is 124 Å². The van der Waals surface area contributed by atoms with E-state index in [9.17, 15) is 14.9 Å². The van der Waals surface area contributed by atoms with Crippen LogP contribution >= 0.6 is 11.6 Å². The first kappa shape index (κ1) is 14.8. The van der Waals surface area contributed by atoms with Gasteiger partial charge in [0.2, 0.25) is 0 Å². The Hall–Kier alpha value is -2.60. The van der Waals surface area contributed by atoms with Crippen molar-refractivity contribution in [2.24, 2.45) is 0 Å². The summed E-state index contributed by atoms with van der Waals surface area (Å²) in [5, 5.41) is 20.4. The zero-order chi connectivity index (χ0) is 15.4. The van der Waals surface area contributed by atoms with E-state index in [0.717, 1.165) is 23.8 Å². The number of carboxylic acid groups (broad SMARTS) is 1. The average molecular weight is 308 g/mol. The molecule has 0 aromatic heterocycles. The minimum Gasteiger partial charge on any atom is -0.482 e. The minimum atomic E-state index is -1.18. The van der Waals surface area contributed by atoms with Crippen molar-refractivity contribution in [3.63, 3.8) is 0 Å². The van der Waals surface area contributed by atoms with Crippen molar-refractivity contribution in [3.05, 3.63) is 68.7 Å². The van der Waals surface area contributed by atoms with E-state index >= 15 is 0 Å². The summed E-state index contributed by atoms with van der Waals surface area (Å²) in [6.45, 7) is 0.0705. The van der Waals surface area contributed by atoms with Crippen LogP contribution in [0, 0.1) is 10.1 Å². The van der Waals surface area contributed by atoms with Crippen molar-refractivity contribution in [2.75, 3.05) is 0 Å². The largest absolute Gasteiger partial charge is 0.482 e. The first-order valence-electron chi connectivity index (χ1n) is 5.86. The summed E-state index contributed by atoms with van der Waals surface area (Å²) in [5.41, 5.74) is 0.398. The van der Waals surface area contributed by atoms with Gasteiger partial charge in [0.15, 0.2) is 5.75 Å². The van der Waals surface area contributed by atoms with Gasteiger partial charge in [-0.1, -0.05) is 23.7 Å². The average Bonchev–Trinajstić information content (AvgIpc) is 2.46. The van der Waals surface area contributed by atoms with Gasteiger partial charge in [-0.05, 0) is 23.8 Å². The lowest BCUT2D eigenvalue weighted by Gasteiger charge is -2.08. The van der Waals surface area contributed by atoms with Crippen LogP contribution in [-0.2, 0) is 6.61 Å². The van der Waals surface area contributed by atoms with E-state index in [1.807, 2.05) is 0 Å². The third-order valence-electron chi connectivity index (χ3n) is 2.71. The molecule has 1 N–H and O–H groups in total. The number of rotatable bonds is 5. The van der Waals surface area contributed by atoms with Crippen LogP contribution in [0.1, 0.15) is 15.9 Å². The van der Waals surface area contributed by atoms with Crippen LogP contribution in [0.2, 0.25) is 5.02 Å². The topological polar surface area (TPSA) is 89.7 Å². The lowest BCUT2D eigenvalue weighted by molar-refractivity contribution is -0.385. The number of carboxylic acids is 1. The van der Waals surface area contributed by atoms with Crippen LogP contribution in [0.3, 0.4) is 0 Å². The molecule has 0 heterocycles. The van der Waals surface area contributed by atoms with Crippen molar-refractivity contribution in [1.29, 1.82) is 0 Å². The summed E-state index contributed by atoms with van der Waals surface area (Å²) in [7, 11) is 0. The Bertz CT molecular complexity index is 684. The van der Waals surface area contributed by atoms with E-state index in [0.29, 0.717) is 5.02 Å². The Kier molecular flexibility index (Phi) is 4.39. The third kappa shape index (κ3) is 3.70. The van der Waals surface area contributed by atoms with Gasteiger partial charge in [0.25, 0.3) is 0 Å². The molecule has 0 bridgehead atoms. The Morgan fingerprint density at radius 2 is 1.90 bits per heavy atom. The van der Waals surface area contributed by atoms with Crippen LogP contribution in [0.25, 0.3) is 0 Å². The van der Waals surface area contributed by atoms with Crippen molar-refractivity contribution in [2.45, 2.75) is 6.61 Å². The smallest absolute Gasteiger partial charge is 0.335 e. The van der Waals surface area contributed by atoms with Crippen molar-refractivity contribution < 1.29 is 19.6 Å². The summed E-state index contributed by atoms with van der Waals surface area (Å²) in [4.78, 5) is 21.2. The van der Waals surface area contributed by atoms with E-state index in [1.54, 1.807) is 24.3 Å². The molecular weight excluding hydrogens is 298 g/mol. The fourth-order valence-electron chi connectivity index (χ4n) is 1.66. The lowest BCUT2D eigenvalue weighted by Crippen LogP contribution is -2.02. The Morgan fingerprint density at radius 1 is 1.24 bits per heavy atom. The molecule has 0 amide bonds. The normalized spacial score (nSPS) is 10.1. The number of nitrogens with zero attached hydrogens (tertiary/aromatic N) is 1. The van der Waals surface area contributed by atoms with Crippen LogP contribution < -0.4 is 4.74 Å². The SMILES string of the molecule is O=C(O)c1ccc([N+](=O)[O-])c(OCc2ccc(Cl)cc2)c1. The molecule has 0 aliphatic rings. The van der Waals surface area contributed by atoms with Gasteiger partial charge >= 0.3 is 11.7 Å². The maximum Gasteiger partial charge on any atom is 0.335 e. The molecule has 6 nitrogen and oxygen atoms in total. The predicted molar refractivity (Wildman–Crippen MR) is 75.8 cm³/mol. The molecule has 0 saturated carbocycles. The first-order chi connectivity index (χ1) is 9.97. The molecule has 0 saturated heterocycles. The summed E-state index contributed by atoms with van der Waals surface area (Å²) in [6, 6.07) is 10.2. The van der Waals surface area contributed by atoms with Crippen molar-refractivity contribution >= 4 is 23.3 Å². The first-order valence-corrected chi connectivity index (χ1v) is 6.24. The summed E-state index contributed by atoms with van der Waals surface area (Å²) < 4.78 is 5.37. The van der Waals surface area contributed by atoms with Crippen LogP contribution in [0.5, 0.6) is 5.75 Å². The minimum absolute atomic E-state index is 0.0705. The van der Waals surface area contributed by atoms with Crippen LogP contribution in [-0.4, -0.2) is 16.0 Å². The fraction of sp³-hybridized carbons (Fsp3) is 0.0714. The number of hydrogen-bond acceptors (Lipinski definition) is 4. The fourth-order valence-corrected chi connectivity index (χ4v) is 1.78. The summed E-state index contributed by atoms with van der Waals surface area (Å²) in [6.07, 6.45) is 0. The van der Waals surface area contributed by atoms with Gasteiger partial charge in [-0.15, -0.1) is 0 Å². The third-order valence-corrected chi connectivity index (χ3v) is 2.96. The number of nitro benzene ring substituents is 1. The lowest BCUT2D eigenvalue weighted by atomic mass is 10.2. The second kappa shape index (κ2) is 6.23. The van der Waals surface area contributed by atoms with Gasteiger partial charge in [0, 0.05) is 17.2 Å². The quantitative estimate of drug-likeness (QED) is 0.674. The molecule has 2 aromatic carbocycles. The highest BCUT2D eigenvalue weighted by Gasteiger charge is 2.18. The number of nitro groups is 1. The molecule has 2 rings (SSSR count). The van der Waals surface area contributed by atoms with E-state index in [-0.39, 0.29) is 23.6 Å². The van der Waals surface area contributed by atoms with Crippen molar-refractivity contribution in [1.82, 2.24) is 0 Å². The maximum absolute atomic E-state index is 10.9. The van der Waals surface area contributed by atoms with E-state index in [2.05, 4.69) is 0 Å². The molecule has 0 spiro atoms. The van der Waals surface area contributed by atoms with E-state index < -0.39 is 10.9 Å². The van der Waals surface area contributed by atoms with Gasteiger partial charge in [-0.3, -0.25) is 10.1 Å². The molecule has 21 heavy (non-hydrogen) atoms. The summed E-state index contributed by atoms with van der Waals surface area (Å²) >= 11 is 5.76. The molecule has 0 aliphatic carbocycles. The molecule has 0 unspecified atom stereocenters. The molecular formula is C14H10ClNO5. The standard InChI is InChI=1S/C14H10ClNO5/c15-11-4-1-9(2-5-11)8-21-13-7-10(14(17)18)3-6-12(13)16(19)20/h1-7H,8H2,(H,17,18). The van der Waals surface area contributed by atoms with Crippen molar-refractivity contribution in [3.8, 4) is 5.75 Å². The Balaban J connectivity index is 2.24. The highest BCUT2D eigenvalue weighted by molar-refractivity contribution is 6.30. The number of halogens is 1. The molecule has 2 aromatic rings. The maximum atomic E-state index is 10.9. The van der Waals surface area contributed by atoms with E-state index in [4.69, 9.17) is 21.4 Å². The highest BCUT2D eigenvalue weighted by atomic mass is 35.5. The van der Waals surface area contributed by atoms with E-state index in [1.165, 1.54) is 0 Å². The molecule has 0 fully saturated rings.